The number of hydrogen-bond donors (Lipinski definition) is 2. The Kier molecular flexibility index (Phi) is 5.93. The van der Waals surface area contributed by atoms with Crippen molar-refractivity contribution in [3.8, 4) is 0 Å². The van der Waals surface area contributed by atoms with Crippen LogP contribution >= 0.6 is 22.9 Å². The fourth-order valence-electron chi connectivity index (χ4n) is 2.87. The molecule has 0 spiro atoms. The number of primary amides is 1. The van der Waals surface area contributed by atoms with Gasteiger partial charge < -0.3 is 15.8 Å². The van der Waals surface area contributed by atoms with Crippen LogP contribution in [-0.2, 0) is 27.2 Å². The fourth-order valence-corrected chi connectivity index (χ4v) is 4.38. The summed E-state index contributed by atoms with van der Waals surface area (Å²) in [6.45, 7) is -0.466. The van der Waals surface area contributed by atoms with Crippen molar-refractivity contribution in [2.45, 2.75) is 19.3 Å². The van der Waals surface area contributed by atoms with Crippen LogP contribution in [0.4, 0.5) is 5.00 Å². The lowest BCUT2D eigenvalue weighted by Crippen LogP contribution is -2.22. The van der Waals surface area contributed by atoms with E-state index in [0.717, 1.165) is 29.7 Å². The Morgan fingerprint density at radius 1 is 1.26 bits per heavy atom. The number of amides is 2. The van der Waals surface area contributed by atoms with E-state index >= 15 is 0 Å². The van der Waals surface area contributed by atoms with E-state index in [1.807, 2.05) is 0 Å². The van der Waals surface area contributed by atoms with Crippen LogP contribution < -0.4 is 11.1 Å². The number of halogens is 1. The predicted octanol–water partition coefficient (Wildman–Crippen LogP) is 3.18. The zero-order valence-electron chi connectivity index (χ0n) is 14.3. The molecule has 3 rings (SSSR count). The predicted molar refractivity (Wildman–Crippen MR) is 105 cm³/mol. The third-order valence-electron chi connectivity index (χ3n) is 4.07. The second-order valence-electron chi connectivity index (χ2n) is 5.94. The van der Waals surface area contributed by atoms with Crippen LogP contribution in [0.5, 0.6) is 0 Å². The van der Waals surface area contributed by atoms with E-state index in [1.165, 1.54) is 23.5 Å². The van der Waals surface area contributed by atoms with Gasteiger partial charge in [-0.05, 0) is 42.5 Å². The summed E-state index contributed by atoms with van der Waals surface area (Å²) in [4.78, 5) is 36.6. The van der Waals surface area contributed by atoms with Gasteiger partial charge in [-0.2, -0.15) is 0 Å². The number of carbonyl (C=O) groups excluding carboxylic acids is 3. The van der Waals surface area contributed by atoms with Crippen molar-refractivity contribution in [3.05, 3.63) is 56.9 Å². The molecule has 0 bridgehead atoms. The van der Waals surface area contributed by atoms with Crippen molar-refractivity contribution in [3.63, 3.8) is 0 Å². The number of ether oxygens (including phenoxy) is 1. The first-order valence-corrected chi connectivity index (χ1v) is 9.48. The average Bonchev–Trinajstić information content (AvgIpc) is 3.19. The molecule has 0 aliphatic heterocycles. The van der Waals surface area contributed by atoms with Gasteiger partial charge in [0, 0.05) is 16.0 Å². The van der Waals surface area contributed by atoms with Crippen molar-refractivity contribution in [2.75, 3.05) is 11.9 Å². The van der Waals surface area contributed by atoms with Crippen molar-refractivity contribution < 1.29 is 19.1 Å². The number of carbonyl (C=O) groups is 3. The van der Waals surface area contributed by atoms with Crippen LogP contribution in [0.2, 0.25) is 5.02 Å². The third-order valence-corrected chi connectivity index (χ3v) is 5.62. The molecule has 0 radical (unpaired) electrons. The monoisotopic (exact) mass is 404 g/mol. The summed E-state index contributed by atoms with van der Waals surface area (Å²) in [5, 5.41) is 3.54. The van der Waals surface area contributed by atoms with Crippen LogP contribution in [-0.4, -0.2) is 24.4 Å². The number of aryl methyl sites for hydroxylation is 1. The van der Waals surface area contributed by atoms with Gasteiger partial charge in [0.2, 0.25) is 0 Å². The summed E-state index contributed by atoms with van der Waals surface area (Å²) in [6, 6.07) is 7.02. The number of hydrogen-bond acceptors (Lipinski definition) is 5. The summed E-state index contributed by atoms with van der Waals surface area (Å²) in [5.74, 6) is -1.77. The number of nitrogens with one attached hydrogen (secondary N) is 1. The molecule has 1 heterocycles. The van der Waals surface area contributed by atoms with Crippen molar-refractivity contribution in [1.29, 1.82) is 0 Å². The average molecular weight is 405 g/mol. The fraction of sp³-hybridized carbons (Fsp3) is 0.211. The Labute approximate surface area is 165 Å². The maximum atomic E-state index is 12.1. The first kappa shape index (κ1) is 19.1. The van der Waals surface area contributed by atoms with Gasteiger partial charge >= 0.3 is 5.97 Å². The standard InChI is InChI=1S/C19H17ClN2O4S/c20-13-6-2-1-4-11(13)8-9-16(24)26-10-15(23)22-19-17(18(21)25)12-5-3-7-14(12)27-19/h1-2,4,6,8-9H,3,5,7,10H2,(H2,21,25)(H,22,23)/b9-8+. The molecule has 8 heteroatoms. The topological polar surface area (TPSA) is 98.5 Å². The Morgan fingerprint density at radius 2 is 2.04 bits per heavy atom. The molecule has 6 nitrogen and oxygen atoms in total. The zero-order valence-corrected chi connectivity index (χ0v) is 15.9. The molecule has 0 unspecified atom stereocenters. The molecule has 140 valence electrons. The molecule has 2 aromatic rings. The number of thiophene rings is 1. The van der Waals surface area contributed by atoms with Crippen LogP contribution in [0.15, 0.2) is 30.3 Å². The first-order valence-electron chi connectivity index (χ1n) is 8.29. The minimum absolute atomic E-state index is 0.366. The largest absolute Gasteiger partial charge is 0.452 e. The molecule has 0 atom stereocenters. The third kappa shape index (κ3) is 4.56. The minimum Gasteiger partial charge on any atom is -0.452 e. The molecule has 1 aliphatic rings. The lowest BCUT2D eigenvalue weighted by atomic mass is 10.1. The maximum absolute atomic E-state index is 12.1. The minimum atomic E-state index is -0.672. The summed E-state index contributed by atoms with van der Waals surface area (Å²) >= 11 is 7.34. The molecule has 0 fully saturated rings. The maximum Gasteiger partial charge on any atom is 0.331 e. The van der Waals surface area contributed by atoms with Gasteiger partial charge in [-0.15, -0.1) is 11.3 Å². The lowest BCUT2D eigenvalue weighted by molar-refractivity contribution is -0.142. The molecule has 2 amide bonds. The van der Waals surface area contributed by atoms with Gasteiger partial charge in [-0.1, -0.05) is 29.8 Å². The SMILES string of the molecule is NC(=O)c1c(NC(=O)COC(=O)/C=C/c2ccccc2Cl)sc2c1CCC2. The molecule has 1 aromatic carbocycles. The second-order valence-corrected chi connectivity index (χ2v) is 7.45. The molecule has 27 heavy (non-hydrogen) atoms. The Morgan fingerprint density at radius 3 is 2.78 bits per heavy atom. The second kappa shape index (κ2) is 8.37. The molecular formula is C19H17ClN2O4S. The van der Waals surface area contributed by atoms with E-state index in [0.29, 0.717) is 21.2 Å². The summed E-state index contributed by atoms with van der Waals surface area (Å²) < 4.78 is 4.92. The molecule has 0 saturated heterocycles. The number of benzene rings is 1. The highest BCUT2D eigenvalue weighted by atomic mass is 35.5. The molecule has 1 aliphatic carbocycles. The van der Waals surface area contributed by atoms with Crippen LogP contribution in [0.3, 0.4) is 0 Å². The normalized spacial score (nSPS) is 12.8. The zero-order chi connectivity index (χ0) is 19.4. The first-order chi connectivity index (χ1) is 13.0. The van der Waals surface area contributed by atoms with Gasteiger partial charge in [0.15, 0.2) is 6.61 Å². The van der Waals surface area contributed by atoms with Crippen molar-refractivity contribution in [2.24, 2.45) is 5.73 Å². The number of esters is 1. The Bertz CT molecular complexity index is 936. The summed E-state index contributed by atoms with van der Waals surface area (Å²) in [7, 11) is 0. The van der Waals surface area contributed by atoms with Crippen LogP contribution in [0.1, 0.15) is 32.8 Å². The number of anilines is 1. The molecule has 3 N–H and O–H groups in total. The highest BCUT2D eigenvalue weighted by Crippen LogP contribution is 2.38. The number of fused-ring (bicyclic) bond motifs is 1. The van der Waals surface area contributed by atoms with Gasteiger partial charge in [-0.3, -0.25) is 9.59 Å². The summed E-state index contributed by atoms with van der Waals surface area (Å²) in [6.07, 6.45) is 5.34. The van der Waals surface area contributed by atoms with Gasteiger partial charge in [0.1, 0.15) is 5.00 Å². The van der Waals surface area contributed by atoms with E-state index < -0.39 is 24.4 Å². The van der Waals surface area contributed by atoms with E-state index in [2.05, 4.69) is 5.32 Å². The Balaban J connectivity index is 1.57. The molecule has 0 saturated carbocycles. The highest BCUT2D eigenvalue weighted by Gasteiger charge is 2.26. The number of rotatable bonds is 6. The summed E-state index contributed by atoms with van der Waals surface area (Å²) in [5.41, 5.74) is 7.40. The lowest BCUT2D eigenvalue weighted by Gasteiger charge is -2.06. The Hall–Kier alpha value is -2.64. The van der Waals surface area contributed by atoms with Gasteiger partial charge in [-0.25, -0.2) is 4.79 Å². The highest BCUT2D eigenvalue weighted by molar-refractivity contribution is 7.17. The van der Waals surface area contributed by atoms with E-state index in [4.69, 9.17) is 22.1 Å². The van der Waals surface area contributed by atoms with E-state index in [-0.39, 0.29) is 0 Å². The van der Waals surface area contributed by atoms with Crippen molar-refractivity contribution >= 4 is 51.8 Å². The van der Waals surface area contributed by atoms with Gasteiger partial charge in [0.05, 0.1) is 5.56 Å². The van der Waals surface area contributed by atoms with Crippen molar-refractivity contribution in [1.82, 2.24) is 0 Å². The van der Waals surface area contributed by atoms with Gasteiger partial charge in [0.25, 0.3) is 11.8 Å². The van der Waals surface area contributed by atoms with E-state index in [9.17, 15) is 14.4 Å². The van der Waals surface area contributed by atoms with E-state index in [1.54, 1.807) is 24.3 Å². The quantitative estimate of drug-likeness (QED) is 0.570. The van der Waals surface area contributed by atoms with Crippen LogP contribution in [0.25, 0.3) is 6.08 Å². The smallest absolute Gasteiger partial charge is 0.331 e. The van der Waals surface area contributed by atoms with Crippen LogP contribution in [0, 0.1) is 0 Å². The number of nitrogens with two attached hydrogens (primary N) is 1. The molecular weight excluding hydrogens is 388 g/mol. The molecule has 1 aromatic heterocycles.